The van der Waals surface area contributed by atoms with Crippen molar-refractivity contribution in [2.24, 2.45) is 0 Å². The second-order valence-corrected chi connectivity index (χ2v) is 9.70. The number of piperidine rings is 1. The number of carbonyl (C=O) groups excluding carboxylic acids is 1. The molecule has 2 N–H and O–H groups in total. The number of aryl methyl sites for hydroxylation is 1. The van der Waals surface area contributed by atoms with Gasteiger partial charge in [0.05, 0.1) is 17.7 Å². The average molecular weight is 454 g/mol. The fraction of sp³-hybridized carbons (Fsp3) is 0.292. The molecule has 1 saturated heterocycles. The van der Waals surface area contributed by atoms with Gasteiger partial charge in [-0.1, -0.05) is 6.07 Å². The number of hydrogen-bond acceptors (Lipinski definition) is 5. The number of benzene rings is 2. The Morgan fingerprint density at radius 2 is 1.78 bits per heavy atom. The SMILES string of the molecule is Cc1ccc(S(=O)(=O)NCc2ccco2)cc1C(=O)Nc1ccc(N2CCCCC2)cc1. The summed E-state index contributed by atoms with van der Waals surface area (Å²) in [5.74, 6) is 0.156. The summed E-state index contributed by atoms with van der Waals surface area (Å²) in [4.78, 5) is 15.3. The van der Waals surface area contributed by atoms with Crippen LogP contribution in [0.15, 0.2) is 70.2 Å². The predicted molar refractivity (Wildman–Crippen MR) is 124 cm³/mol. The van der Waals surface area contributed by atoms with Gasteiger partial charge < -0.3 is 14.6 Å². The van der Waals surface area contributed by atoms with Crippen molar-refractivity contribution >= 4 is 27.3 Å². The number of carbonyl (C=O) groups is 1. The maximum atomic E-state index is 12.9. The van der Waals surface area contributed by atoms with E-state index in [1.807, 2.05) is 24.3 Å². The Balaban J connectivity index is 1.46. The summed E-state index contributed by atoms with van der Waals surface area (Å²) < 4.78 is 33.0. The van der Waals surface area contributed by atoms with E-state index in [0.29, 0.717) is 22.6 Å². The van der Waals surface area contributed by atoms with Crippen molar-refractivity contribution in [2.75, 3.05) is 23.3 Å². The molecule has 0 unspecified atom stereocenters. The van der Waals surface area contributed by atoms with Crippen LogP contribution >= 0.6 is 0 Å². The lowest BCUT2D eigenvalue weighted by atomic mass is 10.1. The van der Waals surface area contributed by atoms with Crippen molar-refractivity contribution < 1.29 is 17.6 Å². The van der Waals surface area contributed by atoms with Crippen LogP contribution in [-0.2, 0) is 16.6 Å². The lowest BCUT2D eigenvalue weighted by molar-refractivity contribution is 0.102. The number of rotatable bonds is 7. The molecule has 1 amide bonds. The lowest BCUT2D eigenvalue weighted by Crippen LogP contribution is -2.29. The van der Waals surface area contributed by atoms with Crippen LogP contribution in [0.3, 0.4) is 0 Å². The molecule has 168 valence electrons. The number of sulfonamides is 1. The fourth-order valence-corrected chi connectivity index (χ4v) is 4.80. The van der Waals surface area contributed by atoms with Gasteiger partial charge in [0.25, 0.3) is 5.91 Å². The summed E-state index contributed by atoms with van der Waals surface area (Å²) in [6, 6.07) is 15.7. The molecule has 1 fully saturated rings. The monoisotopic (exact) mass is 453 g/mol. The van der Waals surface area contributed by atoms with Crippen molar-refractivity contribution in [3.63, 3.8) is 0 Å². The maximum absolute atomic E-state index is 12.9. The van der Waals surface area contributed by atoms with Crippen LogP contribution in [-0.4, -0.2) is 27.4 Å². The highest BCUT2D eigenvalue weighted by Crippen LogP contribution is 2.23. The predicted octanol–water partition coefficient (Wildman–Crippen LogP) is 4.31. The van der Waals surface area contributed by atoms with E-state index in [1.165, 1.54) is 37.7 Å². The summed E-state index contributed by atoms with van der Waals surface area (Å²) >= 11 is 0. The number of nitrogens with zero attached hydrogens (tertiary/aromatic N) is 1. The van der Waals surface area contributed by atoms with Crippen molar-refractivity contribution in [3.05, 3.63) is 77.7 Å². The third kappa shape index (κ3) is 5.20. The van der Waals surface area contributed by atoms with Crippen LogP contribution < -0.4 is 14.9 Å². The summed E-state index contributed by atoms with van der Waals surface area (Å²) in [5.41, 5.74) is 2.82. The normalized spacial score (nSPS) is 14.3. The molecule has 0 radical (unpaired) electrons. The molecule has 3 aromatic rings. The van der Waals surface area contributed by atoms with E-state index in [-0.39, 0.29) is 17.3 Å². The van der Waals surface area contributed by atoms with Crippen LogP contribution in [0.2, 0.25) is 0 Å². The highest BCUT2D eigenvalue weighted by Gasteiger charge is 2.19. The highest BCUT2D eigenvalue weighted by molar-refractivity contribution is 7.89. The summed E-state index contributed by atoms with van der Waals surface area (Å²) in [7, 11) is -3.80. The second kappa shape index (κ2) is 9.58. The van der Waals surface area contributed by atoms with Gasteiger partial charge in [0.1, 0.15) is 5.76 Å². The van der Waals surface area contributed by atoms with Gasteiger partial charge in [-0.05, 0) is 80.3 Å². The minimum absolute atomic E-state index is 0.0280. The van der Waals surface area contributed by atoms with Crippen LogP contribution in [0, 0.1) is 6.92 Å². The van der Waals surface area contributed by atoms with E-state index >= 15 is 0 Å². The number of furan rings is 1. The first-order chi connectivity index (χ1) is 15.4. The molecule has 4 rings (SSSR count). The molecule has 0 spiro atoms. The van der Waals surface area contributed by atoms with E-state index in [1.54, 1.807) is 25.1 Å². The van der Waals surface area contributed by atoms with Gasteiger partial charge in [-0.3, -0.25) is 4.79 Å². The summed E-state index contributed by atoms with van der Waals surface area (Å²) in [6.07, 6.45) is 5.16. The van der Waals surface area contributed by atoms with Crippen LogP contribution in [0.5, 0.6) is 0 Å². The molecule has 7 nitrogen and oxygen atoms in total. The van der Waals surface area contributed by atoms with Gasteiger partial charge in [-0.25, -0.2) is 13.1 Å². The molecule has 1 aliphatic heterocycles. The van der Waals surface area contributed by atoms with Crippen molar-refractivity contribution in [1.82, 2.24) is 4.72 Å². The Labute approximate surface area is 188 Å². The van der Waals surface area contributed by atoms with E-state index in [0.717, 1.165) is 18.8 Å². The quantitative estimate of drug-likeness (QED) is 0.556. The highest BCUT2D eigenvalue weighted by atomic mass is 32.2. The topological polar surface area (TPSA) is 91.6 Å². The molecular formula is C24H27N3O4S. The van der Waals surface area contributed by atoms with E-state index in [4.69, 9.17) is 4.42 Å². The molecule has 2 heterocycles. The lowest BCUT2D eigenvalue weighted by Gasteiger charge is -2.28. The first-order valence-corrected chi connectivity index (χ1v) is 12.2. The minimum Gasteiger partial charge on any atom is -0.468 e. The Bertz CT molecular complexity index is 1170. The standard InChI is InChI=1S/C24H27N3O4S/c1-18-7-12-22(32(29,30)25-17-21-6-5-15-31-21)16-23(18)24(28)26-19-8-10-20(11-9-19)27-13-3-2-4-14-27/h5-12,15-16,25H,2-4,13-14,17H2,1H3,(H,26,28). The maximum Gasteiger partial charge on any atom is 0.255 e. The Morgan fingerprint density at radius 1 is 1.03 bits per heavy atom. The van der Waals surface area contributed by atoms with Gasteiger partial charge in [-0.15, -0.1) is 0 Å². The third-order valence-electron chi connectivity index (χ3n) is 5.63. The van der Waals surface area contributed by atoms with Gasteiger partial charge in [0, 0.05) is 30.0 Å². The smallest absolute Gasteiger partial charge is 0.255 e. The van der Waals surface area contributed by atoms with Gasteiger partial charge in [0.15, 0.2) is 0 Å². The Morgan fingerprint density at radius 3 is 2.47 bits per heavy atom. The van der Waals surface area contributed by atoms with Gasteiger partial charge in [-0.2, -0.15) is 0 Å². The first kappa shape index (κ1) is 22.1. The molecule has 1 aliphatic rings. The zero-order valence-electron chi connectivity index (χ0n) is 18.0. The molecule has 2 aromatic carbocycles. The van der Waals surface area contributed by atoms with E-state index < -0.39 is 10.0 Å². The van der Waals surface area contributed by atoms with E-state index in [2.05, 4.69) is 14.9 Å². The molecule has 0 atom stereocenters. The Kier molecular flexibility index (Phi) is 6.62. The molecule has 0 aliphatic carbocycles. The van der Waals surface area contributed by atoms with E-state index in [9.17, 15) is 13.2 Å². The van der Waals surface area contributed by atoms with Crippen molar-refractivity contribution in [3.8, 4) is 0 Å². The minimum atomic E-state index is -3.80. The molecular weight excluding hydrogens is 426 g/mol. The zero-order valence-corrected chi connectivity index (χ0v) is 18.8. The van der Waals surface area contributed by atoms with Crippen molar-refractivity contribution in [1.29, 1.82) is 0 Å². The van der Waals surface area contributed by atoms with Crippen LogP contribution in [0.1, 0.15) is 40.9 Å². The second-order valence-electron chi connectivity index (χ2n) is 7.93. The number of amides is 1. The Hall–Kier alpha value is -3.10. The molecule has 0 bridgehead atoms. The largest absolute Gasteiger partial charge is 0.468 e. The molecule has 32 heavy (non-hydrogen) atoms. The molecule has 8 heteroatoms. The summed E-state index contributed by atoms with van der Waals surface area (Å²) in [6.45, 7) is 3.93. The third-order valence-corrected chi connectivity index (χ3v) is 7.03. The van der Waals surface area contributed by atoms with Crippen LogP contribution in [0.4, 0.5) is 11.4 Å². The number of hydrogen-bond donors (Lipinski definition) is 2. The van der Waals surface area contributed by atoms with Gasteiger partial charge in [0.2, 0.25) is 10.0 Å². The van der Waals surface area contributed by atoms with Gasteiger partial charge >= 0.3 is 0 Å². The fourth-order valence-electron chi connectivity index (χ4n) is 3.78. The first-order valence-electron chi connectivity index (χ1n) is 10.7. The summed E-state index contributed by atoms with van der Waals surface area (Å²) in [5, 5.41) is 2.87. The molecule has 0 saturated carbocycles. The zero-order chi connectivity index (χ0) is 22.6. The van der Waals surface area contributed by atoms with Crippen molar-refractivity contribution in [2.45, 2.75) is 37.6 Å². The molecule has 1 aromatic heterocycles. The number of nitrogens with one attached hydrogen (secondary N) is 2. The average Bonchev–Trinajstić information content (AvgIpc) is 3.33. The van der Waals surface area contributed by atoms with Crippen LogP contribution in [0.25, 0.3) is 0 Å². The number of anilines is 2.